The first-order valence-corrected chi connectivity index (χ1v) is 9.69. The lowest BCUT2D eigenvalue weighted by Crippen LogP contribution is -2.34. The third-order valence-corrected chi connectivity index (χ3v) is 5.76. The van der Waals surface area contributed by atoms with Crippen molar-refractivity contribution in [2.24, 2.45) is 0 Å². The highest BCUT2D eigenvalue weighted by Gasteiger charge is 2.30. The van der Waals surface area contributed by atoms with Crippen molar-refractivity contribution in [3.63, 3.8) is 0 Å². The second kappa shape index (κ2) is 7.44. The summed E-state index contributed by atoms with van der Waals surface area (Å²) in [7, 11) is 0. The minimum absolute atomic E-state index is 0.0801. The van der Waals surface area contributed by atoms with E-state index in [0.29, 0.717) is 10.7 Å². The molecule has 28 heavy (non-hydrogen) atoms. The van der Waals surface area contributed by atoms with E-state index in [4.69, 9.17) is 4.74 Å². The number of amides is 1. The molecule has 1 atom stereocenters. The zero-order valence-corrected chi connectivity index (χ0v) is 15.9. The number of fused-ring (bicyclic) bond motifs is 3. The number of nitrogens with one attached hydrogen (secondary N) is 1. The highest BCUT2D eigenvalue weighted by molar-refractivity contribution is 7.09. The zero-order chi connectivity index (χ0) is 19.7. The van der Waals surface area contributed by atoms with Crippen LogP contribution < -0.4 is 5.32 Å². The lowest BCUT2D eigenvalue weighted by atomic mass is 9.98. The van der Waals surface area contributed by atoms with E-state index >= 15 is 0 Å². The number of carbonyl (C=O) groups is 2. The van der Waals surface area contributed by atoms with E-state index in [1.807, 2.05) is 36.4 Å². The number of thiazole rings is 1. The van der Waals surface area contributed by atoms with Crippen molar-refractivity contribution in [1.82, 2.24) is 10.3 Å². The first-order valence-electron chi connectivity index (χ1n) is 8.81. The quantitative estimate of drug-likeness (QED) is 0.680. The minimum Gasteiger partial charge on any atom is -0.479 e. The maximum atomic E-state index is 12.3. The number of nitrogens with zero attached hydrogens (tertiary/aromatic N) is 1. The van der Waals surface area contributed by atoms with Crippen molar-refractivity contribution in [3.05, 3.63) is 75.7 Å². The van der Waals surface area contributed by atoms with E-state index in [9.17, 15) is 14.7 Å². The molecule has 3 aromatic rings. The van der Waals surface area contributed by atoms with Crippen LogP contribution in [0.1, 0.15) is 33.8 Å². The largest absolute Gasteiger partial charge is 0.479 e. The van der Waals surface area contributed by atoms with Gasteiger partial charge in [-0.15, -0.1) is 11.3 Å². The molecule has 4 rings (SSSR count). The van der Waals surface area contributed by atoms with Crippen molar-refractivity contribution in [2.75, 3.05) is 6.61 Å². The summed E-state index contributed by atoms with van der Waals surface area (Å²) in [6.07, 6.45) is -0.776. The molecule has 1 amide bonds. The Morgan fingerprint density at radius 2 is 1.75 bits per heavy atom. The number of rotatable bonds is 5. The summed E-state index contributed by atoms with van der Waals surface area (Å²) in [5.41, 5.74) is 5.17. The third kappa shape index (κ3) is 3.36. The third-order valence-electron chi connectivity index (χ3n) is 4.74. The Kier molecular flexibility index (Phi) is 4.83. The number of ether oxygens (including phenoxy) is 1. The van der Waals surface area contributed by atoms with Crippen LogP contribution in [0.5, 0.6) is 0 Å². The average Bonchev–Trinajstić information content (AvgIpc) is 3.26. The van der Waals surface area contributed by atoms with Crippen LogP contribution in [0, 0.1) is 6.92 Å². The number of aromatic nitrogens is 1. The molecule has 0 aliphatic heterocycles. The van der Waals surface area contributed by atoms with Crippen LogP contribution in [0.15, 0.2) is 53.9 Å². The van der Waals surface area contributed by atoms with Crippen LogP contribution in [-0.4, -0.2) is 28.8 Å². The highest BCUT2D eigenvalue weighted by Crippen LogP contribution is 2.44. The van der Waals surface area contributed by atoms with Gasteiger partial charge in [-0.2, -0.15) is 0 Å². The Morgan fingerprint density at radius 3 is 2.29 bits per heavy atom. The van der Waals surface area contributed by atoms with E-state index in [-0.39, 0.29) is 12.5 Å². The van der Waals surface area contributed by atoms with Gasteiger partial charge in [0, 0.05) is 17.0 Å². The lowest BCUT2D eigenvalue weighted by Gasteiger charge is -2.16. The molecule has 0 radical (unpaired) electrons. The van der Waals surface area contributed by atoms with Crippen molar-refractivity contribution < 1.29 is 19.4 Å². The van der Waals surface area contributed by atoms with Crippen molar-refractivity contribution in [2.45, 2.75) is 18.9 Å². The van der Waals surface area contributed by atoms with E-state index in [1.165, 1.54) is 11.3 Å². The molecule has 0 bridgehead atoms. The average molecular weight is 394 g/mol. The fourth-order valence-electron chi connectivity index (χ4n) is 3.49. The standard InChI is InChI=1S/C21H18N2O4S/c1-12-11-28-19(22-12)18(20(24)25)23-21(26)27-10-17-15-8-4-2-6-13(15)14-7-3-5-9-16(14)17/h2-9,11,17-18H,10H2,1H3,(H,23,26)(H,24,25). The molecule has 1 aromatic heterocycles. The van der Waals surface area contributed by atoms with Crippen LogP contribution in [0.25, 0.3) is 11.1 Å². The molecule has 0 saturated heterocycles. The fourth-order valence-corrected chi connectivity index (χ4v) is 4.33. The predicted molar refractivity (Wildman–Crippen MR) is 105 cm³/mol. The van der Waals surface area contributed by atoms with Crippen LogP contribution in [0.2, 0.25) is 0 Å². The topological polar surface area (TPSA) is 88.5 Å². The van der Waals surface area contributed by atoms with E-state index in [1.54, 1.807) is 12.3 Å². The van der Waals surface area contributed by atoms with Crippen LogP contribution in [0.3, 0.4) is 0 Å². The molecule has 0 fully saturated rings. The van der Waals surface area contributed by atoms with Gasteiger partial charge in [-0.3, -0.25) is 0 Å². The van der Waals surface area contributed by atoms with E-state index in [0.717, 1.165) is 22.3 Å². The van der Waals surface area contributed by atoms with Crippen LogP contribution in [-0.2, 0) is 9.53 Å². The number of aliphatic carboxylic acids is 1. The van der Waals surface area contributed by atoms with Crippen molar-refractivity contribution >= 4 is 23.4 Å². The first-order chi connectivity index (χ1) is 13.5. The molecule has 1 heterocycles. The maximum Gasteiger partial charge on any atom is 0.408 e. The highest BCUT2D eigenvalue weighted by atomic mass is 32.1. The molecule has 2 aromatic carbocycles. The Morgan fingerprint density at radius 1 is 1.14 bits per heavy atom. The van der Waals surface area contributed by atoms with E-state index in [2.05, 4.69) is 22.4 Å². The zero-order valence-electron chi connectivity index (χ0n) is 15.1. The van der Waals surface area contributed by atoms with Gasteiger partial charge in [-0.1, -0.05) is 48.5 Å². The lowest BCUT2D eigenvalue weighted by molar-refractivity contribution is -0.139. The first kappa shape index (κ1) is 18.2. The number of carboxylic acids is 1. The molecular weight excluding hydrogens is 376 g/mol. The van der Waals surface area contributed by atoms with Crippen molar-refractivity contribution in [3.8, 4) is 11.1 Å². The monoisotopic (exact) mass is 394 g/mol. The molecule has 1 aliphatic carbocycles. The minimum atomic E-state index is -1.23. The number of aryl methyl sites for hydroxylation is 1. The molecule has 7 heteroatoms. The SMILES string of the molecule is Cc1csc(C(NC(=O)OCC2c3ccccc3-c3ccccc32)C(=O)O)n1. The molecule has 6 nitrogen and oxygen atoms in total. The van der Waals surface area contributed by atoms with Gasteiger partial charge in [0.1, 0.15) is 11.6 Å². The summed E-state index contributed by atoms with van der Waals surface area (Å²) < 4.78 is 5.41. The van der Waals surface area contributed by atoms with Gasteiger partial charge < -0.3 is 15.2 Å². The van der Waals surface area contributed by atoms with Gasteiger partial charge in [0.2, 0.25) is 0 Å². The molecule has 2 N–H and O–H groups in total. The van der Waals surface area contributed by atoms with Gasteiger partial charge >= 0.3 is 12.1 Å². The summed E-state index contributed by atoms with van der Waals surface area (Å²) in [5, 5.41) is 13.9. The molecule has 142 valence electrons. The van der Waals surface area contributed by atoms with E-state index < -0.39 is 18.1 Å². The summed E-state index contributed by atoms with van der Waals surface area (Å²) in [6, 6.07) is 14.8. The number of benzene rings is 2. The second-order valence-electron chi connectivity index (χ2n) is 6.57. The number of alkyl carbamates (subject to hydrolysis) is 1. The second-order valence-corrected chi connectivity index (χ2v) is 7.46. The molecule has 0 saturated carbocycles. The predicted octanol–water partition coefficient (Wildman–Crippen LogP) is 4.12. The molecular formula is C21H18N2O4S. The molecule has 1 aliphatic rings. The van der Waals surface area contributed by atoms with Gasteiger partial charge in [0.05, 0.1) is 0 Å². The summed E-state index contributed by atoms with van der Waals surface area (Å²) in [6.45, 7) is 1.90. The maximum absolute atomic E-state index is 12.3. The van der Waals surface area contributed by atoms with Crippen LogP contribution >= 0.6 is 11.3 Å². The summed E-state index contributed by atoms with van der Waals surface area (Å²) in [4.78, 5) is 28.0. The van der Waals surface area contributed by atoms with Crippen molar-refractivity contribution in [1.29, 1.82) is 0 Å². The summed E-state index contributed by atoms with van der Waals surface area (Å²) >= 11 is 1.19. The Bertz CT molecular complexity index is 1000. The van der Waals surface area contributed by atoms with Gasteiger partial charge in [0.25, 0.3) is 0 Å². The number of hydrogen-bond acceptors (Lipinski definition) is 5. The van der Waals surface area contributed by atoms with Crippen LogP contribution in [0.4, 0.5) is 4.79 Å². The molecule has 0 spiro atoms. The number of carbonyl (C=O) groups excluding carboxylic acids is 1. The normalized spacial score (nSPS) is 13.5. The Labute approximate surface area is 165 Å². The van der Waals surface area contributed by atoms with Gasteiger partial charge in [-0.05, 0) is 29.2 Å². The Hall–Kier alpha value is -3.19. The fraction of sp³-hybridized carbons (Fsp3) is 0.190. The van der Waals surface area contributed by atoms with Gasteiger partial charge in [-0.25, -0.2) is 14.6 Å². The van der Waals surface area contributed by atoms with Gasteiger partial charge in [0.15, 0.2) is 6.04 Å². The molecule has 1 unspecified atom stereocenters. The summed E-state index contributed by atoms with van der Waals surface area (Å²) in [5.74, 6) is -1.26. The Balaban J connectivity index is 1.48. The number of hydrogen-bond donors (Lipinski definition) is 2. The smallest absolute Gasteiger partial charge is 0.408 e. The number of carboxylic acid groups (broad SMARTS) is 1.